The lowest BCUT2D eigenvalue weighted by molar-refractivity contribution is 0.181. The fraction of sp³-hybridized carbons (Fsp3) is 0.382. The van der Waals surface area contributed by atoms with Gasteiger partial charge in [-0.05, 0) is 31.2 Å². The quantitative estimate of drug-likeness (QED) is 0.201. The number of halogens is 1. The van der Waals surface area contributed by atoms with Gasteiger partial charge in [-0.3, -0.25) is 4.90 Å². The predicted octanol–water partition coefficient (Wildman–Crippen LogP) is 8.74. The fourth-order valence-corrected chi connectivity index (χ4v) is 5.84. The van der Waals surface area contributed by atoms with E-state index >= 15 is 0 Å². The molecule has 1 aliphatic carbocycles. The van der Waals surface area contributed by atoms with E-state index in [4.69, 9.17) is 4.98 Å². The Bertz CT molecular complexity index is 1280. The number of unbranched alkanes of at least 4 members (excludes halogenated alkanes) is 1. The monoisotopic (exact) mass is 509 g/mol. The Labute approximate surface area is 227 Å². The average molecular weight is 510 g/mol. The van der Waals surface area contributed by atoms with Gasteiger partial charge in [0.1, 0.15) is 11.6 Å². The Balaban J connectivity index is 1.58. The Morgan fingerprint density at radius 2 is 1.47 bits per heavy atom. The van der Waals surface area contributed by atoms with E-state index in [1.807, 2.05) is 12.1 Å². The lowest BCUT2D eigenvalue weighted by Crippen LogP contribution is -2.31. The van der Waals surface area contributed by atoms with E-state index in [0.29, 0.717) is 12.5 Å². The molecule has 5 rings (SSSR count). The van der Waals surface area contributed by atoms with Crippen LogP contribution in [0.1, 0.15) is 63.1 Å². The fourth-order valence-electron chi connectivity index (χ4n) is 5.84. The number of imidazole rings is 1. The van der Waals surface area contributed by atoms with E-state index in [1.165, 1.54) is 37.8 Å². The molecule has 38 heavy (non-hydrogen) atoms. The Morgan fingerprint density at radius 3 is 2.16 bits per heavy atom. The van der Waals surface area contributed by atoms with E-state index in [-0.39, 0.29) is 5.82 Å². The highest BCUT2D eigenvalue weighted by atomic mass is 19.1. The van der Waals surface area contributed by atoms with Gasteiger partial charge in [-0.1, -0.05) is 111 Å². The first kappa shape index (κ1) is 26.4. The highest BCUT2D eigenvalue weighted by Crippen LogP contribution is 2.32. The zero-order chi connectivity index (χ0) is 26.2. The van der Waals surface area contributed by atoms with Gasteiger partial charge in [-0.15, -0.1) is 0 Å². The van der Waals surface area contributed by atoms with Gasteiger partial charge in [-0.25, -0.2) is 9.37 Å². The van der Waals surface area contributed by atoms with Crippen LogP contribution in [0.15, 0.2) is 84.9 Å². The summed E-state index contributed by atoms with van der Waals surface area (Å²) in [6.07, 6.45) is 8.69. The van der Waals surface area contributed by atoms with E-state index in [0.717, 1.165) is 60.7 Å². The van der Waals surface area contributed by atoms with Crippen molar-refractivity contribution in [1.82, 2.24) is 14.5 Å². The molecular formula is C34H40FN3. The summed E-state index contributed by atoms with van der Waals surface area (Å²) < 4.78 is 17.3. The number of nitrogens with zero attached hydrogens (tertiary/aromatic N) is 3. The molecule has 3 aromatic carbocycles. The van der Waals surface area contributed by atoms with E-state index < -0.39 is 0 Å². The number of aromatic nitrogens is 2. The average Bonchev–Trinajstić information content (AvgIpc) is 3.32. The van der Waals surface area contributed by atoms with Gasteiger partial charge >= 0.3 is 0 Å². The molecule has 1 aromatic heterocycles. The largest absolute Gasteiger partial charge is 0.326 e. The third kappa shape index (κ3) is 6.42. The van der Waals surface area contributed by atoms with Crippen LogP contribution in [0, 0.1) is 11.7 Å². The van der Waals surface area contributed by atoms with Crippen LogP contribution in [-0.4, -0.2) is 21.0 Å². The molecule has 1 fully saturated rings. The normalized spacial score (nSPS) is 14.3. The lowest BCUT2D eigenvalue weighted by atomic mass is 9.89. The van der Waals surface area contributed by atoms with Crippen molar-refractivity contribution in [2.24, 2.45) is 5.92 Å². The van der Waals surface area contributed by atoms with Crippen molar-refractivity contribution in [2.45, 2.75) is 71.5 Å². The van der Waals surface area contributed by atoms with E-state index in [2.05, 4.69) is 77.1 Å². The molecule has 1 saturated carbocycles. The van der Waals surface area contributed by atoms with E-state index in [9.17, 15) is 4.39 Å². The third-order valence-electron chi connectivity index (χ3n) is 7.85. The van der Waals surface area contributed by atoms with Crippen molar-refractivity contribution in [3.05, 3.63) is 102 Å². The lowest BCUT2D eigenvalue weighted by Gasteiger charge is -2.30. The SMILES string of the molecule is CCCCn1c(-c2ccccc2)nc(-c2ccccc2)c1CN(Cc1ccccc1F)CC1CCCCC1. The summed E-state index contributed by atoms with van der Waals surface area (Å²) in [6.45, 7) is 5.51. The molecule has 0 amide bonds. The molecular weight excluding hydrogens is 469 g/mol. The van der Waals surface area contributed by atoms with Crippen molar-refractivity contribution >= 4 is 0 Å². The second-order valence-electron chi connectivity index (χ2n) is 10.7. The van der Waals surface area contributed by atoms with Crippen molar-refractivity contribution in [3.8, 4) is 22.6 Å². The number of hydrogen-bond donors (Lipinski definition) is 0. The summed E-state index contributed by atoms with van der Waals surface area (Å²) in [6, 6.07) is 28.4. The molecule has 0 unspecified atom stereocenters. The van der Waals surface area contributed by atoms with Crippen molar-refractivity contribution in [3.63, 3.8) is 0 Å². The summed E-state index contributed by atoms with van der Waals surface area (Å²) in [5.41, 5.74) is 5.32. The van der Waals surface area contributed by atoms with Gasteiger partial charge in [0.05, 0.1) is 11.4 Å². The van der Waals surface area contributed by atoms with Gasteiger partial charge in [-0.2, -0.15) is 0 Å². The van der Waals surface area contributed by atoms with Crippen LogP contribution in [0.4, 0.5) is 4.39 Å². The van der Waals surface area contributed by atoms with Gasteiger partial charge in [0.25, 0.3) is 0 Å². The van der Waals surface area contributed by atoms with Crippen LogP contribution in [0.2, 0.25) is 0 Å². The zero-order valence-electron chi connectivity index (χ0n) is 22.7. The first-order valence-electron chi connectivity index (χ1n) is 14.4. The zero-order valence-corrected chi connectivity index (χ0v) is 22.7. The molecule has 198 valence electrons. The maximum absolute atomic E-state index is 14.8. The van der Waals surface area contributed by atoms with Crippen molar-refractivity contribution in [1.29, 1.82) is 0 Å². The molecule has 0 spiro atoms. The van der Waals surface area contributed by atoms with Gasteiger partial charge < -0.3 is 4.57 Å². The number of benzene rings is 3. The van der Waals surface area contributed by atoms with Gasteiger partial charge in [0.2, 0.25) is 0 Å². The minimum Gasteiger partial charge on any atom is -0.326 e. The van der Waals surface area contributed by atoms with Crippen LogP contribution in [0.25, 0.3) is 22.6 Å². The summed E-state index contributed by atoms with van der Waals surface area (Å²) in [5.74, 6) is 1.57. The minimum absolute atomic E-state index is 0.117. The summed E-state index contributed by atoms with van der Waals surface area (Å²) in [4.78, 5) is 7.77. The summed E-state index contributed by atoms with van der Waals surface area (Å²) >= 11 is 0. The van der Waals surface area contributed by atoms with E-state index in [1.54, 1.807) is 12.1 Å². The highest BCUT2D eigenvalue weighted by Gasteiger charge is 2.24. The molecule has 0 radical (unpaired) electrons. The molecule has 4 heteroatoms. The van der Waals surface area contributed by atoms with Crippen molar-refractivity contribution in [2.75, 3.05) is 6.54 Å². The number of hydrogen-bond acceptors (Lipinski definition) is 2. The first-order chi connectivity index (χ1) is 18.7. The molecule has 0 bridgehead atoms. The standard InChI is InChI=1S/C34H40FN3/c1-2-3-23-38-32(33(28-17-9-5-10-18-28)36-34(38)29-19-11-6-12-20-29)26-37(24-27-15-7-4-8-16-27)25-30-21-13-14-22-31(30)35/h5-6,9-14,17-22,27H,2-4,7-8,15-16,23-26H2,1H3. The third-order valence-corrected chi connectivity index (χ3v) is 7.85. The van der Waals surface area contributed by atoms with Gasteiger partial charge in [0.15, 0.2) is 0 Å². The molecule has 0 saturated heterocycles. The topological polar surface area (TPSA) is 21.1 Å². The molecule has 4 aromatic rings. The van der Waals surface area contributed by atoms with Crippen LogP contribution in [-0.2, 0) is 19.6 Å². The molecule has 3 nitrogen and oxygen atoms in total. The molecule has 0 atom stereocenters. The predicted molar refractivity (Wildman–Crippen MR) is 155 cm³/mol. The van der Waals surface area contributed by atoms with Crippen LogP contribution in [0.3, 0.4) is 0 Å². The second kappa shape index (κ2) is 13.0. The maximum atomic E-state index is 14.8. The number of rotatable bonds is 11. The Hall–Kier alpha value is -3.24. The highest BCUT2D eigenvalue weighted by molar-refractivity contribution is 5.68. The smallest absolute Gasteiger partial charge is 0.140 e. The van der Waals surface area contributed by atoms with Crippen LogP contribution < -0.4 is 0 Å². The summed E-state index contributed by atoms with van der Waals surface area (Å²) in [7, 11) is 0. The second-order valence-corrected chi connectivity index (χ2v) is 10.7. The van der Waals surface area contributed by atoms with Crippen LogP contribution in [0.5, 0.6) is 0 Å². The Kier molecular flexibility index (Phi) is 9.03. The maximum Gasteiger partial charge on any atom is 0.140 e. The molecule has 1 heterocycles. The van der Waals surface area contributed by atoms with Crippen LogP contribution >= 0.6 is 0 Å². The minimum atomic E-state index is -0.117. The first-order valence-corrected chi connectivity index (χ1v) is 14.4. The Morgan fingerprint density at radius 1 is 0.816 bits per heavy atom. The molecule has 1 aliphatic rings. The van der Waals surface area contributed by atoms with Crippen molar-refractivity contribution < 1.29 is 4.39 Å². The molecule has 0 aliphatic heterocycles. The molecule has 0 N–H and O–H groups in total. The summed E-state index contributed by atoms with van der Waals surface area (Å²) in [5, 5.41) is 0. The van der Waals surface area contributed by atoms with Gasteiger partial charge in [0, 0.05) is 42.9 Å².